The van der Waals surface area contributed by atoms with Crippen molar-refractivity contribution in [2.24, 2.45) is 14.1 Å². The number of rotatable bonds is 6. The molecular formula is C16H20N4O5. The number of nitrogens with one attached hydrogen (secondary N) is 1. The standard InChI is InChI=1S/C16H20N4O5/c1-9-8-10(14(23)17-7-5-4-6-11(21)22)18-13-12(9)15(24)20(3)16(25)19(13)2/h8H,4-7H2,1-3H3,(H,17,23)(H,21,22). The van der Waals surface area contributed by atoms with E-state index in [1.807, 2.05) is 0 Å². The lowest BCUT2D eigenvalue weighted by Gasteiger charge is -2.11. The van der Waals surface area contributed by atoms with Gasteiger partial charge in [-0.15, -0.1) is 0 Å². The first-order valence-electron chi connectivity index (χ1n) is 7.81. The van der Waals surface area contributed by atoms with Crippen LogP contribution in [-0.4, -0.2) is 37.6 Å². The van der Waals surface area contributed by atoms with E-state index in [9.17, 15) is 19.2 Å². The van der Waals surface area contributed by atoms with Gasteiger partial charge in [-0.2, -0.15) is 0 Å². The Morgan fingerprint density at radius 2 is 1.88 bits per heavy atom. The van der Waals surface area contributed by atoms with E-state index in [1.54, 1.807) is 6.92 Å². The van der Waals surface area contributed by atoms with Gasteiger partial charge in [-0.3, -0.25) is 23.5 Å². The predicted molar refractivity (Wildman–Crippen MR) is 90.8 cm³/mol. The second kappa shape index (κ2) is 7.29. The number of carbonyl (C=O) groups is 2. The van der Waals surface area contributed by atoms with E-state index >= 15 is 0 Å². The first kappa shape index (κ1) is 18.4. The Labute approximate surface area is 142 Å². The molecule has 0 saturated heterocycles. The lowest BCUT2D eigenvalue weighted by atomic mass is 10.1. The van der Waals surface area contributed by atoms with Gasteiger partial charge >= 0.3 is 11.7 Å². The van der Waals surface area contributed by atoms with Crippen LogP contribution in [0.2, 0.25) is 0 Å². The quantitative estimate of drug-likeness (QED) is 0.704. The van der Waals surface area contributed by atoms with Crippen molar-refractivity contribution in [1.82, 2.24) is 19.4 Å². The Morgan fingerprint density at radius 1 is 1.20 bits per heavy atom. The van der Waals surface area contributed by atoms with E-state index in [4.69, 9.17) is 5.11 Å². The van der Waals surface area contributed by atoms with Crippen LogP contribution < -0.4 is 16.6 Å². The topological polar surface area (TPSA) is 123 Å². The van der Waals surface area contributed by atoms with E-state index in [0.717, 1.165) is 4.57 Å². The maximum atomic E-state index is 12.3. The fraction of sp³-hybridized carbons (Fsp3) is 0.438. The first-order chi connectivity index (χ1) is 11.7. The molecule has 0 aliphatic rings. The minimum Gasteiger partial charge on any atom is -0.481 e. The summed E-state index contributed by atoms with van der Waals surface area (Å²) in [6.07, 6.45) is 1.04. The summed E-state index contributed by atoms with van der Waals surface area (Å²) >= 11 is 0. The molecule has 9 heteroatoms. The Hall–Kier alpha value is -2.97. The number of carboxylic acids is 1. The second-order valence-corrected chi connectivity index (χ2v) is 5.84. The molecule has 134 valence electrons. The maximum Gasteiger partial charge on any atom is 0.332 e. The number of fused-ring (bicyclic) bond motifs is 1. The first-order valence-corrected chi connectivity index (χ1v) is 7.81. The molecule has 0 radical (unpaired) electrons. The molecule has 0 saturated carbocycles. The molecule has 0 fully saturated rings. The van der Waals surface area contributed by atoms with Gasteiger partial charge in [-0.05, 0) is 31.4 Å². The van der Waals surface area contributed by atoms with Crippen LogP contribution in [0.3, 0.4) is 0 Å². The average molecular weight is 348 g/mol. The van der Waals surface area contributed by atoms with E-state index in [1.165, 1.54) is 24.7 Å². The third-order valence-electron chi connectivity index (χ3n) is 3.94. The SMILES string of the molecule is Cc1cc(C(=O)NCCCCC(=O)O)nc2c1c(=O)n(C)c(=O)n2C. The van der Waals surface area contributed by atoms with Gasteiger partial charge in [0.1, 0.15) is 11.3 Å². The zero-order valence-electron chi connectivity index (χ0n) is 14.3. The summed E-state index contributed by atoms with van der Waals surface area (Å²) in [6, 6.07) is 1.50. The van der Waals surface area contributed by atoms with Crippen molar-refractivity contribution in [1.29, 1.82) is 0 Å². The number of carboxylic acid groups (broad SMARTS) is 1. The molecule has 9 nitrogen and oxygen atoms in total. The fourth-order valence-corrected chi connectivity index (χ4v) is 2.54. The van der Waals surface area contributed by atoms with Crippen molar-refractivity contribution >= 4 is 22.9 Å². The normalized spacial score (nSPS) is 10.8. The number of hydrogen-bond donors (Lipinski definition) is 2. The van der Waals surface area contributed by atoms with Crippen molar-refractivity contribution in [3.8, 4) is 0 Å². The molecule has 2 heterocycles. The van der Waals surface area contributed by atoms with Gasteiger partial charge in [0.15, 0.2) is 0 Å². The smallest absolute Gasteiger partial charge is 0.332 e. The number of amides is 1. The molecule has 2 rings (SSSR count). The highest BCUT2D eigenvalue weighted by molar-refractivity contribution is 5.95. The van der Waals surface area contributed by atoms with Gasteiger partial charge in [0.05, 0.1) is 5.39 Å². The Bertz CT molecular complexity index is 958. The summed E-state index contributed by atoms with van der Waals surface area (Å²) < 4.78 is 2.23. The Kier molecular flexibility index (Phi) is 5.35. The molecule has 0 unspecified atom stereocenters. The lowest BCUT2D eigenvalue weighted by molar-refractivity contribution is -0.137. The lowest BCUT2D eigenvalue weighted by Crippen LogP contribution is -2.38. The minimum absolute atomic E-state index is 0.0502. The van der Waals surface area contributed by atoms with Gasteiger partial charge in [-0.25, -0.2) is 9.78 Å². The average Bonchev–Trinajstić information content (AvgIpc) is 2.56. The number of unbranched alkanes of at least 4 members (excludes halogenated alkanes) is 1. The molecule has 2 aromatic rings. The molecule has 0 bridgehead atoms. The van der Waals surface area contributed by atoms with E-state index < -0.39 is 23.1 Å². The number of hydrogen-bond acceptors (Lipinski definition) is 5. The minimum atomic E-state index is -0.874. The second-order valence-electron chi connectivity index (χ2n) is 5.84. The predicted octanol–water partition coefficient (Wildman–Crippen LogP) is -0.0747. The van der Waals surface area contributed by atoms with E-state index in [2.05, 4.69) is 10.3 Å². The molecular weight excluding hydrogens is 328 g/mol. The van der Waals surface area contributed by atoms with Crippen LogP contribution in [0.15, 0.2) is 15.7 Å². The monoisotopic (exact) mass is 348 g/mol. The summed E-state index contributed by atoms with van der Waals surface area (Å²) in [6.45, 7) is 2.00. The molecule has 1 amide bonds. The molecule has 2 N–H and O–H groups in total. The third kappa shape index (κ3) is 3.76. The molecule has 0 aliphatic heterocycles. The zero-order valence-corrected chi connectivity index (χ0v) is 14.3. The van der Waals surface area contributed by atoms with Gasteiger partial charge < -0.3 is 10.4 Å². The number of pyridine rings is 1. The van der Waals surface area contributed by atoms with Crippen molar-refractivity contribution < 1.29 is 14.7 Å². The van der Waals surface area contributed by atoms with Crippen LogP contribution in [0.25, 0.3) is 11.0 Å². The van der Waals surface area contributed by atoms with Gasteiger partial charge in [0.2, 0.25) is 0 Å². The van der Waals surface area contributed by atoms with E-state index in [-0.39, 0.29) is 17.8 Å². The molecule has 0 aliphatic carbocycles. The Balaban J connectivity index is 2.29. The summed E-state index contributed by atoms with van der Waals surface area (Å²) in [5.74, 6) is -1.31. The number of aliphatic carboxylic acids is 1. The highest BCUT2D eigenvalue weighted by atomic mass is 16.4. The van der Waals surface area contributed by atoms with E-state index in [0.29, 0.717) is 30.3 Å². The van der Waals surface area contributed by atoms with Gasteiger partial charge in [-0.1, -0.05) is 0 Å². The number of carbonyl (C=O) groups excluding carboxylic acids is 1. The number of aryl methyl sites for hydroxylation is 2. The zero-order chi connectivity index (χ0) is 18.7. The summed E-state index contributed by atoms with van der Waals surface area (Å²) in [5.41, 5.74) is -0.160. The Morgan fingerprint density at radius 3 is 2.52 bits per heavy atom. The maximum absolute atomic E-state index is 12.3. The molecule has 25 heavy (non-hydrogen) atoms. The van der Waals surface area contributed by atoms with Crippen molar-refractivity contribution in [3.63, 3.8) is 0 Å². The fourth-order valence-electron chi connectivity index (χ4n) is 2.54. The summed E-state index contributed by atoms with van der Waals surface area (Å²) in [4.78, 5) is 51.1. The van der Waals surface area contributed by atoms with Crippen molar-refractivity contribution in [2.45, 2.75) is 26.2 Å². The molecule has 0 atom stereocenters. The van der Waals surface area contributed by atoms with Crippen molar-refractivity contribution in [2.75, 3.05) is 6.54 Å². The van der Waals surface area contributed by atoms with Crippen LogP contribution in [-0.2, 0) is 18.9 Å². The summed E-state index contributed by atoms with van der Waals surface area (Å²) in [5, 5.41) is 11.5. The van der Waals surface area contributed by atoms with Gasteiger partial charge in [0, 0.05) is 27.1 Å². The van der Waals surface area contributed by atoms with Crippen LogP contribution >= 0.6 is 0 Å². The van der Waals surface area contributed by atoms with Crippen LogP contribution in [0.1, 0.15) is 35.3 Å². The van der Waals surface area contributed by atoms with Crippen LogP contribution in [0.5, 0.6) is 0 Å². The number of nitrogens with zero attached hydrogens (tertiary/aromatic N) is 3. The van der Waals surface area contributed by atoms with Crippen LogP contribution in [0.4, 0.5) is 0 Å². The highest BCUT2D eigenvalue weighted by Crippen LogP contribution is 2.12. The highest BCUT2D eigenvalue weighted by Gasteiger charge is 2.16. The number of aromatic nitrogens is 3. The molecule has 0 aromatic carbocycles. The molecule has 2 aromatic heterocycles. The van der Waals surface area contributed by atoms with Crippen LogP contribution in [0, 0.1) is 6.92 Å². The third-order valence-corrected chi connectivity index (χ3v) is 3.94. The largest absolute Gasteiger partial charge is 0.481 e. The molecule has 0 spiro atoms. The summed E-state index contributed by atoms with van der Waals surface area (Å²) in [7, 11) is 2.88. The van der Waals surface area contributed by atoms with Gasteiger partial charge in [0.25, 0.3) is 11.5 Å². The van der Waals surface area contributed by atoms with Crippen molar-refractivity contribution in [3.05, 3.63) is 38.2 Å².